The summed E-state index contributed by atoms with van der Waals surface area (Å²) in [7, 11) is 0. The lowest BCUT2D eigenvalue weighted by molar-refractivity contribution is 0.227. The highest BCUT2D eigenvalue weighted by atomic mass is 79.9. The van der Waals surface area contributed by atoms with E-state index in [0.29, 0.717) is 17.1 Å². The molecule has 0 aliphatic carbocycles. The second kappa shape index (κ2) is 6.21. The minimum Gasteiger partial charge on any atom is -0.482 e. The number of rotatable bonds is 4. The van der Waals surface area contributed by atoms with Gasteiger partial charge in [0, 0.05) is 27.9 Å². The molecule has 2 rings (SSSR count). The highest BCUT2D eigenvalue weighted by molar-refractivity contribution is 9.10. The highest BCUT2D eigenvalue weighted by Gasteiger charge is 2.15. The maximum atomic E-state index is 13.4. The third-order valence-electron chi connectivity index (χ3n) is 2.58. The van der Waals surface area contributed by atoms with Crippen LogP contribution >= 0.6 is 27.7 Å². The standard InChI is InChI=1S/C13H11BrClFN2O/c1-8(9-4-2-5-10(16)12(9)15)19-11-6-3-7-17-13(11)18-14/h2-8H,1H3,(H,17,18). The van der Waals surface area contributed by atoms with E-state index in [1.807, 2.05) is 0 Å². The van der Waals surface area contributed by atoms with Crippen LogP contribution in [0.5, 0.6) is 5.75 Å². The van der Waals surface area contributed by atoms with Crippen LogP contribution < -0.4 is 9.08 Å². The molecule has 0 aliphatic heterocycles. The number of hydrogen-bond acceptors (Lipinski definition) is 3. The molecule has 0 fully saturated rings. The van der Waals surface area contributed by atoms with Crippen LogP contribution in [0.4, 0.5) is 10.2 Å². The van der Waals surface area contributed by atoms with Crippen molar-refractivity contribution in [2.24, 2.45) is 0 Å². The normalized spacial score (nSPS) is 12.0. The Kier molecular flexibility index (Phi) is 4.61. The molecular weight excluding hydrogens is 335 g/mol. The number of benzene rings is 1. The molecule has 1 unspecified atom stereocenters. The lowest BCUT2D eigenvalue weighted by atomic mass is 10.1. The Morgan fingerprint density at radius 2 is 2.16 bits per heavy atom. The fraction of sp³-hybridized carbons (Fsp3) is 0.154. The van der Waals surface area contributed by atoms with Gasteiger partial charge in [-0.25, -0.2) is 9.37 Å². The summed E-state index contributed by atoms with van der Waals surface area (Å²) in [5, 5.41) is 0.0761. The first-order valence-corrected chi connectivity index (χ1v) is 6.72. The van der Waals surface area contributed by atoms with E-state index in [2.05, 4.69) is 25.5 Å². The molecule has 2 aromatic rings. The van der Waals surface area contributed by atoms with Crippen molar-refractivity contribution in [1.29, 1.82) is 0 Å². The molecule has 0 amide bonds. The molecule has 0 saturated carbocycles. The summed E-state index contributed by atoms with van der Waals surface area (Å²) in [5.41, 5.74) is 0.589. The molecule has 6 heteroatoms. The Labute approximate surface area is 124 Å². The van der Waals surface area contributed by atoms with Crippen molar-refractivity contribution >= 4 is 33.6 Å². The first-order chi connectivity index (χ1) is 9.13. The number of ether oxygens (including phenoxy) is 1. The molecule has 1 N–H and O–H groups in total. The van der Waals surface area contributed by atoms with Gasteiger partial charge >= 0.3 is 0 Å². The van der Waals surface area contributed by atoms with Gasteiger partial charge in [-0.2, -0.15) is 0 Å². The Morgan fingerprint density at radius 1 is 1.37 bits per heavy atom. The Hall–Kier alpha value is -1.33. The predicted octanol–water partition coefficient (Wildman–Crippen LogP) is 4.74. The fourth-order valence-corrected chi connectivity index (χ4v) is 2.22. The first-order valence-electron chi connectivity index (χ1n) is 5.55. The van der Waals surface area contributed by atoms with Gasteiger partial charge in [0.05, 0.1) is 5.02 Å². The van der Waals surface area contributed by atoms with Crippen LogP contribution in [0, 0.1) is 5.82 Å². The zero-order valence-corrected chi connectivity index (χ0v) is 12.4. The lowest BCUT2D eigenvalue weighted by Crippen LogP contribution is -2.06. The van der Waals surface area contributed by atoms with Crippen molar-refractivity contribution < 1.29 is 9.13 Å². The van der Waals surface area contributed by atoms with Gasteiger partial charge < -0.3 is 9.08 Å². The van der Waals surface area contributed by atoms with Crippen molar-refractivity contribution in [3.05, 3.63) is 52.9 Å². The quantitative estimate of drug-likeness (QED) is 0.813. The van der Waals surface area contributed by atoms with E-state index in [1.54, 1.807) is 37.4 Å². The highest BCUT2D eigenvalue weighted by Crippen LogP contribution is 2.31. The van der Waals surface area contributed by atoms with E-state index in [-0.39, 0.29) is 5.02 Å². The fourth-order valence-electron chi connectivity index (χ4n) is 1.64. The Bertz CT molecular complexity index is 582. The van der Waals surface area contributed by atoms with E-state index < -0.39 is 11.9 Å². The summed E-state index contributed by atoms with van der Waals surface area (Å²) in [6.45, 7) is 1.80. The number of pyridine rings is 1. The van der Waals surface area contributed by atoms with Crippen LogP contribution in [0.25, 0.3) is 0 Å². The molecule has 0 spiro atoms. The third kappa shape index (κ3) is 3.16. The molecule has 0 aliphatic rings. The van der Waals surface area contributed by atoms with Crippen LogP contribution in [0.3, 0.4) is 0 Å². The van der Waals surface area contributed by atoms with Crippen molar-refractivity contribution in [2.75, 3.05) is 4.34 Å². The predicted molar refractivity (Wildman–Crippen MR) is 77.2 cm³/mol. The summed E-state index contributed by atoms with van der Waals surface area (Å²) < 4.78 is 21.9. The van der Waals surface area contributed by atoms with Gasteiger partial charge in [-0.1, -0.05) is 23.7 Å². The third-order valence-corrected chi connectivity index (χ3v) is 3.36. The first kappa shape index (κ1) is 14.1. The molecule has 1 aromatic heterocycles. The van der Waals surface area contributed by atoms with Gasteiger partial charge in [-0.15, -0.1) is 0 Å². The smallest absolute Gasteiger partial charge is 0.178 e. The van der Waals surface area contributed by atoms with Crippen molar-refractivity contribution in [2.45, 2.75) is 13.0 Å². The summed E-state index contributed by atoms with van der Waals surface area (Å²) >= 11 is 9.03. The van der Waals surface area contributed by atoms with E-state index in [1.165, 1.54) is 6.07 Å². The Morgan fingerprint density at radius 3 is 2.89 bits per heavy atom. The number of nitrogens with one attached hydrogen (secondary N) is 1. The summed E-state index contributed by atoms with van der Waals surface area (Å²) in [6.07, 6.45) is 1.24. The van der Waals surface area contributed by atoms with E-state index in [9.17, 15) is 4.39 Å². The number of aromatic nitrogens is 1. The topological polar surface area (TPSA) is 34.1 Å². The van der Waals surface area contributed by atoms with Gasteiger partial charge in [0.15, 0.2) is 11.6 Å². The minimum absolute atomic E-state index is 0.0761. The molecular formula is C13H11BrClFN2O. The molecule has 1 heterocycles. The van der Waals surface area contributed by atoms with E-state index in [0.717, 1.165) is 0 Å². The molecule has 100 valence electrons. The average molecular weight is 346 g/mol. The van der Waals surface area contributed by atoms with Crippen LogP contribution in [0.1, 0.15) is 18.6 Å². The number of anilines is 1. The largest absolute Gasteiger partial charge is 0.482 e. The number of nitrogens with zero attached hydrogens (tertiary/aromatic N) is 1. The van der Waals surface area contributed by atoms with Crippen molar-refractivity contribution in [1.82, 2.24) is 4.98 Å². The zero-order chi connectivity index (χ0) is 13.8. The SMILES string of the molecule is CC(Oc1cccnc1NBr)c1cccc(F)c1Cl. The number of halogens is 3. The summed E-state index contributed by atoms with van der Waals surface area (Å²) in [6, 6.07) is 8.16. The van der Waals surface area contributed by atoms with Gasteiger partial charge in [0.25, 0.3) is 0 Å². The second-order valence-electron chi connectivity index (χ2n) is 3.85. The molecule has 0 bridgehead atoms. The van der Waals surface area contributed by atoms with Gasteiger partial charge in [0.1, 0.15) is 11.9 Å². The molecule has 1 atom stereocenters. The van der Waals surface area contributed by atoms with Crippen LogP contribution in [0.2, 0.25) is 5.02 Å². The van der Waals surface area contributed by atoms with Crippen LogP contribution in [-0.2, 0) is 0 Å². The zero-order valence-electron chi connectivity index (χ0n) is 10.0. The van der Waals surface area contributed by atoms with Gasteiger partial charge in [-0.3, -0.25) is 0 Å². The van der Waals surface area contributed by atoms with Crippen molar-refractivity contribution in [3.63, 3.8) is 0 Å². The van der Waals surface area contributed by atoms with Gasteiger partial charge in [-0.05, 0) is 25.1 Å². The monoisotopic (exact) mass is 344 g/mol. The van der Waals surface area contributed by atoms with Crippen LogP contribution in [0.15, 0.2) is 36.5 Å². The lowest BCUT2D eigenvalue weighted by Gasteiger charge is -2.17. The van der Waals surface area contributed by atoms with Crippen LogP contribution in [-0.4, -0.2) is 4.98 Å². The molecule has 3 nitrogen and oxygen atoms in total. The van der Waals surface area contributed by atoms with E-state index >= 15 is 0 Å². The summed E-state index contributed by atoms with van der Waals surface area (Å²) in [4.78, 5) is 4.09. The maximum absolute atomic E-state index is 13.4. The molecule has 1 aromatic carbocycles. The molecule has 0 saturated heterocycles. The van der Waals surface area contributed by atoms with E-state index in [4.69, 9.17) is 16.3 Å². The second-order valence-corrected chi connectivity index (χ2v) is 4.62. The molecule has 0 radical (unpaired) electrons. The maximum Gasteiger partial charge on any atom is 0.178 e. The minimum atomic E-state index is -0.459. The van der Waals surface area contributed by atoms with Crippen molar-refractivity contribution in [3.8, 4) is 5.75 Å². The van der Waals surface area contributed by atoms with Gasteiger partial charge in [0.2, 0.25) is 0 Å². The summed E-state index contributed by atoms with van der Waals surface area (Å²) in [5.74, 6) is 0.633. The molecule has 19 heavy (non-hydrogen) atoms. The average Bonchev–Trinajstić information content (AvgIpc) is 2.42. The Balaban J connectivity index is 2.26. The number of hydrogen-bond donors (Lipinski definition) is 1.